The molecule has 1 atom stereocenters. The number of hydrogen-bond donors (Lipinski definition) is 1. The van der Waals surface area contributed by atoms with Gasteiger partial charge in [0.25, 0.3) is 10.0 Å². The van der Waals surface area contributed by atoms with E-state index in [1.807, 2.05) is 0 Å². The van der Waals surface area contributed by atoms with E-state index in [9.17, 15) is 18.0 Å². The maximum Gasteiger partial charge on any atom is 0.407 e. The Hall–Kier alpha value is -2.49. The van der Waals surface area contributed by atoms with Crippen molar-refractivity contribution in [2.75, 3.05) is 17.9 Å². The molecule has 0 aliphatic rings. The highest BCUT2D eigenvalue weighted by atomic mass is 35.5. The van der Waals surface area contributed by atoms with Crippen LogP contribution >= 0.6 is 23.2 Å². The van der Waals surface area contributed by atoms with E-state index in [0.29, 0.717) is 10.6 Å². The third-order valence-corrected chi connectivity index (χ3v) is 6.36. The van der Waals surface area contributed by atoms with Crippen molar-refractivity contribution in [1.29, 1.82) is 0 Å². The first-order chi connectivity index (χ1) is 14.5. The number of amides is 1. The second-order valence-corrected chi connectivity index (χ2v) is 9.24. The van der Waals surface area contributed by atoms with Crippen LogP contribution < -0.4 is 9.62 Å². The topological polar surface area (TPSA) is 102 Å². The van der Waals surface area contributed by atoms with Gasteiger partial charge in [-0.25, -0.2) is 13.2 Å². The van der Waals surface area contributed by atoms with Gasteiger partial charge in [-0.1, -0.05) is 29.3 Å². The fourth-order valence-corrected chi connectivity index (χ4v) is 4.50. The molecule has 0 aliphatic heterocycles. The van der Waals surface area contributed by atoms with Gasteiger partial charge in [0.1, 0.15) is 12.7 Å². The van der Waals surface area contributed by atoms with Gasteiger partial charge < -0.3 is 14.8 Å². The largest absolute Gasteiger partial charge is 0.461 e. The number of halogens is 2. The molecule has 0 saturated carbocycles. The van der Waals surface area contributed by atoms with Crippen LogP contribution in [0.25, 0.3) is 0 Å². The quantitative estimate of drug-likeness (QED) is 0.563. The lowest BCUT2D eigenvalue weighted by Gasteiger charge is -2.29. The van der Waals surface area contributed by atoms with E-state index in [4.69, 9.17) is 32.7 Å². The monoisotopic (exact) mass is 488 g/mol. The normalized spacial score (nSPS) is 12.0. The molecule has 0 bridgehead atoms. The summed E-state index contributed by atoms with van der Waals surface area (Å²) in [5.41, 5.74) is 0.598. The molecule has 2 rings (SSSR count). The van der Waals surface area contributed by atoms with Crippen molar-refractivity contribution >= 4 is 51.0 Å². The zero-order valence-corrected chi connectivity index (χ0v) is 19.4. The Bertz CT molecular complexity index is 1040. The third kappa shape index (κ3) is 6.75. The van der Waals surface area contributed by atoms with Gasteiger partial charge in [-0.15, -0.1) is 0 Å². The van der Waals surface area contributed by atoms with E-state index in [1.54, 1.807) is 19.1 Å². The van der Waals surface area contributed by atoms with Gasteiger partial charge in [-0.05, 0) is 43.3 Å². The van der Waals surface area contributed by atoms with Gasteiger partial charge >= 0.3 is 12.1 Å². The Labute approximate surface area is 191 Å². The highest BCUT2D eigenvalue weighted by molar-refractivity contribution is 7.92. The standard InChI is InChI=1S/C20H22Cl2N2O6S/c1-13(30-20(26)23-3)11-24(31(27,28)18-8-6-16(21)7-9-18)19-10-17(22)5-4-15(19)12-29-14(2)25/h4-10,13H,11-12H2,1-3H3,(H,23,26)/t13-/m1/s1. The highest BCUT2D eigenvalue weighted by Gasteiger charge is 2.30. The minimum atomic E-state index is -4.12. The Kier molecular flexibility index (Phi) is 8.55. The summed E-state index contributed by atoms with van der Waals surface area (Å²) >= 11 is 12.0. The summed E-state index contributed by atoms with van der Waals surface area (Å²) in [5, 5.41) is 2.97. The molecule has 0 heterocycles. The van der Waals surface area contributed by atoms with Crippen LogP contribution in [-0.2, 0) is 30.9 Å². The maximum absolute atomic E-state index is 13.5. The number of esters is 1. The number of nitrogens with one attached hydrogen (secondary N) is 1. The molecule has 1 amide bonds. The molecule has 31 heavy (non-hydrogen) atoms. The first kappa shape index (κ1) is 24.8. The van der Waals surface area contributed by atoms with Crippen LogP contribution in [0.5, 0.6) is 0 Å². The molecule has 168 valence electrons. The molecule has 0 saturated heterocycles. The second kappa shape index (κ2) is 10.7. The number of rotatable bonds is 8. The van der Waals surface area contributed by atoms with Gasteiger partial charge in [0.05, 0.1) is 17.1 Å². The third-order valence-electron chi connectivity index (χ3n) is 4.08. The lowest BCUT2D eigenvalue weighted by atomic mass is 10.2. The van der Waals surface area contributed by atoms with Gasteiger partial charge in [0.2, 0.25) is 0 Å². The zero-order chi connectivity index (χ0) is 23.2. The highest BCUT2D eigenvalue weighted by Crippen LogP contribution is 2.31. The Morgan fingerprint density at radius 3 is 2.29 bits per heavy atom. The van der Waals surface area contributed by atoms with E-state index in [-0.39, 0.29) is 28.8 Å². The van der Waals surface area contributed by atoms with Crippen LogP contribution in [-0.4, -0.2) is 40.2 Å². The summed E-state index contributed by atoms with van der Waals surface area (Å²) in [6, 6.07) is 10.2. The Morgan fingerprint density at radius 1 is 1.10 bits per heavy atom. The second-order valence-electron chi connectivity index (χ2n) is 6.51. The van der Waals surface area contributed by atoms with E-state index in [0.717, 1.165) is 4.31 Å². The summed E-state index contributed by atoms with van der Waals surface area (Å²) in [6.07, 6.45) is -1.52. The first-order valence-electron chi connectivity index (χ1n) is 9.13. The molecule has 8 nitrogen and oxygen atoms in total. The van der Waals surface area contributed by atoms with E-state index < -0.39 is 28.2 Å². The van der Waals surface area contributed by atoms with Crippen LogP contribution in [0.15, 0.2) is 47.4 Å². The molecule has 0 aromatic heterocycles. The number of alkyl carbamates (subject to hydrolysis) is 1. The average molecular weight is 489 g/mol. The summed E-state index contributed by atoms with van der Waals surface area (Å²) < 4.78 is 38.3. The maximum atomic E-state index is 13.5. The lowest BCUT2D eigenvalue weighted by molar-refractivity contribution is -0.142. The minimum Gasteiger partial charge on any atom is -0.461 e. The van der Waals surface area contributed by atoms with Crippen molar-refractivity contribution < 1.29 is 27.5 Å². The van der Waals surface area contributed by atoms with Crippen LogP contribution in [0.2, 0.25) is 10.0 Å². The summed E-state index contributed by atoms with van der Waals surface area (Å²) in [6.45, 7) is 2.41. The number of anilines is 1. The number of nitrogens with zero attached hydrogens (tertiary/aromatic N) is 1. The number of ether oxygens (including phenoxy) is 2. The SMILES string of the molecule is CNC(=O)O[C@H](C)CN(c1cc(Cl)ccc1COC(C)=O)S(=O)(=O)c1ccc(Cl)cc1. The Balaban J connectivity index is 2.56. The number of carbonyl (C=O) groups is 2. The number of benzene rings is 2. The van der Waals surface area contributed by atoms with Crippen molar-refractivity contribution in [3.63, 3.8) is 0 Å². The van der Waals surface area contributed by atoms with Crippen molar-refractivity contribution in [2.24, 2.45) is 0 Å². The first-order valence-corrected chi connectivity index (χ1v) is 11.3. The lowest BCUT2D eigenvalue weighted by Crippen LogP contribution is -2.40. The summed E-state index contributed by atoms with van der Waals surface area (Å²) in [4.78, 5) is 22.9. The Morgan fingerprint density at radius 2 is 1.71 bits per heavy atom. The van der Waals surface area contributed by atoms with E-state index in [2.05, 4.69) is 5.32 Å². The van der Waals surface area contributed by atoms with Gasteiger partial charge in [0.15, 0.2) is 0 Å². The molecule has 0 radical (unpaired) electrons. The zero-order valence-electron chi connectivity index (χ0n) is 17.1. The number of carbonyl (C=O) groups excluding carboxylic acids is 2. The van der Waals surface area contributed by atoms with Crippen LogP contribution in [0.4, 0.5) is 10.5 Å². The molecule has 0 spiro atoms. The summed E-state index contributed by atoms with van der Waals surface area (Å²) in [7, 11) is -2.73. The summed E-state index contributed by atoms with van der Waals surface area (Å²) in [5.74, 6) is -0.524. The fourth-order valence-electron chi connectivity index (χ4n) is 2.64. The predicted molar refractivity (Wildman–Crippen MR) is 118 cm³/mol. The molecule has 2 aromatic rings. The minimum absolute atomic E-state index is 0.0255. The van der Waals surface area contributed by atoms with Crippen molar-refractivity contribution in [1.82, 2.24) is 5.32 Å². The molecular weight excluding hydrogens is 467 g/mol. The molecule has 0 fully saturated rings. The molecule has 1 N–H and O–H groups in total. The fraction of sp³-hybridized carbons (Fsp3) is 0.300. The molecule has 2 aromatic carbocycles. The smallest absolute Gasteiger partial charge is 0.407 e. The van der Waals surface area contributed by atoms with E-state index in [1.165, 1.54) is 44.3 Å². The van der Waals surface area contributed by atoms with Crippen molar-refractivity contribution in [3.8, 4) is 0 Å². The molecular formula is C20H22Cl2N2O6S. The molecule has 0 aliphatic carbocycles. The van der Waals surface area contributed by atoms with Crippen molar-refractivity contribution in [2.45, 2.75) is 31.5 Å². The van der Waals surface area contributed by atoms with E-state index >= 15 is 0 Å². The van der Waals surface area contributed by atoms with Crippen LogP contribution in [0.3, 0.4) is 0 Å². The molecule has 0 unspecified atom stereocenters. The number of hydrogen-bond acceptors (Lipinski definition) is 6. The van der Waals surface area contributed by atoms with Gasteiger partial charge in [-0.3, -0.25) is 9.10 Å². The predicted octanol–water partition coefficient (Wildman–Crippen LogP) is 4.00. The average Bonchev–Trinajstić information content (AvgIpc) is 2.71. The van der Waals surface area contributed by atoms with Gasteiger partial charge in [0, 0.05) is 29.6 Å². The van der Waals surface area contributed by atoms with Gasteiger partial charge in [-0.2, -0.15) is 0 Å². The molecule has 11 heteroatoms. The number of sulfonamides is 1. The van der Waals surface area contributed by atoms with Crippen LogP contribution in [0, 0.1) is 0 Å². The van der Waals surface area contributed by atoms with Crippen LogP contribution in [0.1, 0.15) is 19.4 Å². The van der Waals surface area contributed by atoms with Crippen molar-refractivity contribution in [3.05, 3.63) is 58.1 Å².